The molecule has 0 saturated carbocycles. The van der Waals surface area contributed by atoms with Crippen molar-refractivity contribution in [2.24, 2.45) is 7.05 Å². The Kier molecular flexibility index (Phi) is 4.75. The molecule has 0 unspecified atom stereocenters. The molecule has 0 spiro atoms. The summed E-state index contributed by atoms with van der Waals surface area (Å²) in [7, 11) is 1.85. The number of nitrogens with one attached hydrogen (secondary N) is 1. The van der Waals surface area contributed by atoms with E-state index in [1.54, 1.807) is 23.0 Å². The number of amides is 1. The van der Waals surface area contributed by atoms with Gasteiger partial charge >= 0.3 is 0 Å². The zero-order valence-corrected chi connectivity index (χ0v) is 14.0. The normalized spacial score (nSPS) is 10.8. The number of hydrogen-bond donors (Lipinski definition) is 1. The number of anilines is 1. The first-order chi connectivity index (χ1) is 12.0. The standard InChI is InChI=1S/C16H14F2N4O2S/c1-21-8-12(19-9-21)13-2-3-14(25-13)15(23)20-10-6-11(18)16(24)22(7-10)5-4-17/h2-3,6-9H,4-5H2,1H3,(H,20,23). The third-order valence-corrected chi connectivity index (χ3v) is 4.52. The highest BCUT2D eigenvalue weighted by molar-refractivity contribution is 7.17. The van der Waals surface area contributed by atoms with Crippen LogP contribution in [0.5, 0.6) is 0 Å². The Morgan fingerprint density at radius 1 is 1.36 bits per heavy atom. The quantitative estimate of drug-likeness (QED) is 0.757. The van der Waals surface area contributed by atoms with E-state index in [1.807, 2.05) is 13.2 Å². The number of thiophene rings is 1. The van der Waals surface area contributed by atoms with E-state index in [0.29, 0.717) is 4.88 Å². The molecule has 9 heteroatoms. The molecular weight excluding hydrogens is 350 g/mol. The lowest BCUT2D eigenvalue weighted by Gasteiger charge is -2.08. The smallest absolute Gasteiger partial charge is 0.286 e. The van der Waals surface area contributed by atoms with Crippen molar-refractivity contribution >= 4 is 22.9 Å². The van der Waals surface area contributed by atoms with Gasteiger partial charge < -0.3 is 14.5 Å². The third-order valence-electron chi connectivity index (χ3n) is 3.41. The van der Waals surface area contributed by atoms with Crippen LogP contribution in [0.15, 0.2) is 41.7 Å². The minimum atomic E-state index is -1.05. The van der Waals surface area contributed by atoms with Gasteiger partial charge in [-0.05, 0) is 12.1 Å². The highest BCUT2D eigenvalue weighted by atomic mass is 32.1. The Bertz CT molecular complexity index is 977. The lowest BCUT2D eigenvalue weighted by Crippen LogP contribution is -2.24. The lowest BCUT2D eigenvalue weighted by molar-refractivity contribution is 0.103. The monoisotopic (exact) mass is 364 g/mol. The molecule has 3 rings (SSSR count). The van der Waals surface area contributed by atoms with Gasteiger partial charge in [-0.15, -0.1) is 11.3 Å². The number of nitrogens with zero attached hydrogens (tertiary/aromatic N) is 3. The van der Waals surface area contributed by atoms with Crippen molar-refractivity contribution in [2.75, 3.05) is 12.0 Å². The summed E-state index contributed by atoms with van der Waals surface area (Å²) in [6.07, 6.45) is 4.71. The van der Waals surface area contributed by atoms with Crippen molar-refractivity contribution in [3.63, 3.8) is 0 Å². The number of carbonyl (C=O) groups excluding carboxylic acids is 1. The van der Waals surface area contributed by atoms with E-state index >= 15 is 0 Å². The molecule has 1 N–H and O–H groups in total. The van der Waals surface area contributed by atoms with Crippen LogP contribution in [0.2, 0.25) is 0 Å². The third kappa shape index (κ3) is 3.66. The number of carbonyl (C=O) groups is 1. The maximum atomic E-state index is 13.6. The molecule has 0 fully saturated rings. The predicted molar refractivity (Wildman–Crippen MR) is 91.1 cm³/mol. The summed E-state index contributed by atoms with van der Waals surface area (Å²) in [5, 5.41) is 2.52. The molecule has 3 aromatic heterocycles. The van der Waals surface area contributed by atoms with Crippen molar-refractivity contribution in [1.82, 2.24) is 14.1 Å². The minimum Gasteiger partial charge on any atom is -0.340 e. The summed E-state index contributed by atoms with van der Waals surface area (Å²) in [5.74, 6) is -1.50. The molecule has 0 aliphatic rings. The van der Waals surface area contributed by atoms with Crippen LogP contribution in [-0.2, 0) is 13.6 Å². The van der Waals surface area contributed by atoms with Crippen LogP contribution in [0.3, 0.4) is 0 Å². The van der Waals surface area contributed by atoms with Crippen molar-refractivity contribution < 1.29 is 13.6 Å². The largest absolute Gasteiger partial charge is 0.340 e. The summed E-state index contributed by atoms with van der Waals surface area (Å²) in [5.41, 5.74) is -0.0957. The van der Waals surface area contributed by atoms with Gasteiger partial charge in [-0.3, -0.25) is 9.59 Å². The summed E-state index contributed by atoms with van der Waals surface area (Å²) < 4.78 is 28.8. The van der Waals surface area contributed by atoms with Gasteiger partial charge in [-0.2, -0.15) is 0 Å². The van der Waals surface area contributed by atoms with E-state index in [1.165, 1.54) is 17.5 Å². The Morgan fingerprint density at radius 3 is 2.84 bits per heavy atom. The van der Waals surface area contributed by atoms with Gasteiger partial charge in [-0.25, -0.2) is 13.8 Å². The second-order valence-electron chi connectivity index (χ2n) is 5.31. The number of halogens is 2. The predicted octanol–water partition coefficient (Wildman–Crippen LogP) is 2.67. The van der Waals surface area contributed by atoms with E-state index in [2.05, 4.69) is 10.3 Å². The van der Waals surface area contributed by atoms with Crippen molar-refractivity contribution in [3.8, 4) is 10.6 Å². The minimum absolute atomic E-state index is 0.0864. The summed E-state index contributed by atoms with van der Waals surface area (Å²) in [6, 6.07) is 4.33. The van der Waals surface area contributed by atoms with Gasteiger partial charge in [0.1, 0.15) is 6.67 Å². The fourth-order valence-corrected chi connectivity index (χ4v) is 3.12. The Balaban J connectivity index is 1.81. The molecule has 0 radical (unpaired) electrons. The van der Waals surface area contributed by atoms with Crippen LogP contribution in [0.4, 0.5) is 14.5 Å². The van der Waals surface area contributed by atoms with Gasteiger partial charge in [0, 0.05) is 25.5 Å². The van der Waals surface area contributed by atoms with Crippen LogP contribution in [0, 0.1) is 5.82 Å². The van der Waals surface area contributed by atoms with Crippen LogP contribution >= 0.6 is 11.3 Å². The lowest BCUT2D eigenvalue weighted by atomic mass is 10.3. The number of pyridine rings is 1. The molecule has 0 bridgehead atoms. The fourth-order valence-electron chi connectivity index (χ4n) is 2.26. The SMILES string of the molecule is Cn1cnc(-c2ccc(C(=O)Nc3cc(F)c(=O)n(CCF)c3)s2)c1. The van der Waals surface area contributed by atoms with Gasteiger partial charge in [0.2, 0.25) is 0 Å². The van der Waals surface area contributed by atoms with Crippen LogP contribution in [0.25, 0.3) is 10.6 Å². The molecular formula is C16H14F2N4O2S. The fraction of sp³-hybridized carbons (Fsp3) is 0.188. The van der Waals surface area contributed by atoms with Gasteiger partial charge in [0.05, 0.1) is 34.0 Å². The highest BCUT2D eigenvalue weighted by Gasteiger charge is 2.14. The second-order valence-corrected chi connectivity index (χ2v) is 6.39. The first kappa shape index (κ1) is 17.0. The maximum absolute atomic E-state index is 13.6. The molecule has 0 saturated heterocycles. The van der Waals surface area contributed by atoms with Crippen molar-refractivity contribution in [2.45, 2.75) is 6.54 Å². The van der Waals surface area contributed by atoms with Crippen LogP contribution in [0.1, 0.15) is 9.67 Å². The molecule has 1 amide bonds. The second kappa shape index (κ2) is 6.98. The molecule has 0 aromatic carbocycles. The zero-order chi connectivity index (χ0) is 18.0. The Morgan fingerprint density at radius 2 is 2.16 bits per heavy atom. The average Bonchev–Trinajstić information content (AvgIpc) is 3.21. The van der Waals surface area contributed by atoms with E-state index in [-0.39, 0.29) is 12.2 Å². The molecule has 25 heavy (non-hydrogen) atoms. The first-order valence-electron chi connectivity index (χ1n) is 7.33. The topological polar surface area (TPSA) is 68.9 Å². The zero-order valence-electron chi connectivity index (χ0n) is 13.2. The molecule has 3 heterocycles. The van der Waals surface area contributed by atoms with E-state index in [0.717, 1.165) is 21.2 Å². The molecule has 0 atom stereocenters. The molecule has 6 nitrogen and oxygen atoms in total. The number of alkyl halides is 1. The molecule has 130 valence electrons. The van der Waals surface area contributed by atoms with E-state index in [4.69, 9.17) is 0 Å². The summed E-state index contributed by atoms with van der Waals surface area (Å²) in [6.45, 7) is -1.09. The maximum Gasteiger partial charge on any atom is 0.286 e. The number of imidazole rings is 1. The van der Waals surface area contributed by atoms with E-state index < -0.39 is 24.0 Å². The summed E-state index contributed by atoms with van der Waals surface area (Å²) >= 11 is 1.24. The number of rotatable bonds is 5. The Labute approximate surface area is 145 Å². The molecule has 0 aliphatic carbocycles. The summed E-state index contributed by atoms with van der Waals surface area (Å²) in [4.78, 5) is 29.3. The number of aromatic nitrogens is 3. The molecule has 3 aromatic rings. The average molecular weight is 364 g/mol. The van der Waals surface area contributed by atoms with Crippen LogP contribution in [-0.4, -0.2) is 26.7 Å². The first-order valence-corrected chi connectivity index (χ1v) is 8.15. The molecule has 0 aliphatic heterocycles. The van der Waals surface area contributed by atoms with Crippen LogP contribution < -0.4 is 10.9 Å². The van der Waals surface area contributed by atoms with Crippen molar-refractivity contribution in [1.29, 1.82) is 0 Å². The van der Waals surface area contributed by atoms with E-state index in [9.17, 15) is 18.4 Å². The van der Waals surface area contributed by atoms with Gasteiger partial charge in [0.15, 0.2) is 5.82 Å². The van der Waals surface area contributed by atoms with Gasteiger partial charge in [0.25, 0.3) is 11.5 Å². The number of hydrogen-bond acceptors (Lipinski definition) is 4. The van der Waals surface area contributed by atoms with Gasteiger partial charge in [-0.1, -0.05) is 0 Å². The highest BCUT2D eigenvalue weighted by Crippen LogP contribution is 2.27. The van der Waals surface area contributed by atoms with Crippen molar-refractivity contribution in [3.05, 3.63) is 58.0 Å². The Hall–Kier alpha value is -2.81. The number of aryl methyl sites for hydroxylation is 2.